The number of hydrogen-bond donors (Lipinski definition) is 1. The highest BCUT2D eigenvalue weighted by Gasteiger charge is 2.31. The molecule has 1 aliphatic carbocycles. The lowest BCUT2D eigenvalue weighted by Gasteiger charge is -2.36. The monoisotopic (exact) mass is 265 g/mol. The van der Waals surface area contributed by atoms with Crippen LogP contribution in [0.5, 0.6) is 0 Å². The quantitative estimate of drug-likeness (QED) is 0.881. The van der Waals surface area contributed by atoms with Crippen molar-refractivity contribution in [1.29, 1.82) is 0 Å². The second-order valence-electron chi connectivity index (χ2n) is 6.01. The van der Waals surface area contributed by atoms with E-state index in [9.17, 15) is 0 Å². The van der Waals surface area contributed by atoms with Gasteiger partial charge in [0.15, 0.2) is 0 Å². The molecule has 2 aromatic carbocycles. The molecule has 0 radical (unpaired) electrons. The summed E-state index contributed by atoms with van der Waals surface area (Å²) < 4.78 is 0. The van der Waals surface area contributed by atoms with Crippen molar-refractivity contribution in [1.82, 2.24) is 0 Å². The van der Waals surface area contributed by atoms with Crippen molar-refractivity contribution in [2.75, 3.05) is 0 Å². The molecule has 2 aromatic rings. The van der Waals surface area contributed by atoms with E-state index in [0.29, 0.717) is 0 Å². The summed E-state index contributed by atoms with van der Waals surface area (Å²) in [5.41, 5.74) is 10.9. The second-order valence-corrected chi connectivity index (χ2v) is 6.01. The van der Waals surface area contributed by atoms with Crippen LogP contribution in [-0.2, 0) is 18.4 Å². The lowest BCUT2D eigenvalue weighted by Crippen LogP contribution is -2.40. The predicted octanol–water partition coefficient (Wildman–Crippen LogP) is 4.20. The number of hydrogen-bond acceptors (Lipinski definition) is 1. The Hall–Kier alpha value is -1.60. The summed E-state index contributed by atoms with van der Waals surface area (Å²) >= 11 is 0. The maximum atomic E-state index is 6.73. The maximum absolute atomic E-state index is 6.73. The first kappa shape index (κ1) is 13.4. The molecule has 1 nitrogen and oxygen atoms in total. The van der Waals surface area contributed by atoms with E-state index in [-0.39, 0.29) is 5.54 Å². The zero-order valence-corrected chi connectivity index (χ0v) is 12.0. The van der Waals surface area contributed by atoms with Crippen LogP contribution in [-0.4, -0.2) is 0 Å². The number of benzene rings is 2. The fourth-order valence-electron chi connectivity index (χ4n) is 3.47. The van der Waals surface area contributed by atoms with E-state index in [4.69, 9.17) is 5.73 Å². The number of fused-ring (bicyclic) bond motifs is 1. The van der Waals surface area contributed by atoms with Gasteiger partial charge in [0.25, 0.3) is 0 Å². The number of nitrogens with two attached hydrogens (primary N) is 1. The third kappa shape index (κ3) is 2.78. The maximum Gasteiger partial charge on any atom is 0.0412 e. The molecule has 0 bridgehead atoms. The molecule has 2 N–H and O–H groups in total. The van der Waals surface area contributed by atoms with Gasteiger partial charge in [-0.25, -0.2) is 0 Å². The molecule has 104 valence electrons. The van der Waals surface area contributed by atoms with Gasteiger partial charge in [0, 0.05) is 5.54 Å². The summed E-state index contributed by atoms with van der Waals surface area (Å²) in [6.45, 7) is 0. The van der Waals surface area contributed by atoms with Crippen LogP contribution < -0.4 is 5.73 Å². The van der Waals surface area contributed by atoms with Crippen molar-refractivity contribution in [2.45, 2.75) is 44.1 Å². The fourth-order valence-corrected chi connectivity index (χ4v) is 3.47. The Kier molecular flexibility index (Phi) is 3.88. The van der Waals surface area contributed by atoms with Crippen molar-refractivity contribution in [3.05, 3.63) is 71.3 Å². The Labute approximate surface area is 121 Å². The van der Waals surface area contributed by atoms with E-state index < -0.39 is 0 Å². The van der Waals surface area contributed by atoms with Crippen LogP contribution in [0.2, 0.25) is 0 Å². The van der Waals surface area contributed by atoms with Gasteiger partial charge in [-0.05, 0) is 55.2 Å². The standard InChI is InChI=1S/C19H23N/c20-19(14-6-10-16-8-2-1-3-9-16)15-7-12-17-11-4-5-13-18(17)19/h1-5,8-9,11,13H,6-7,10,12,14-15,20H2. The molecule has 0 fully saturated rings. The summed E-state index contributed by atoms with van der Waals surface area (Å²) in [7, 11) is 0. The molecule has 1 heteroatoms. The lowest BCUT2D eigenvalue weighted by molar-refractivity contribution is 0.337. The van der Waals surface area contributed by atoms with Crippen LogP contribution in [0.1, 0.15) is 42.4 Å². The van der Waals surface area contributed by atoms with Gasteiger partial charge in [0.2, 0.25) is 0 Å². The topological polar surface area (TPSA) is 26.0 Å². The van der Waals surface area contributed by atoms with Crippen LogP contribution in [0, 0.1) is 0 Å². The highest BCUT2D eigenvalue weighted by atomic mass is 14.7. The SMILES string of the molecule is NC1(CCCc2ccccc2)CCCc2ccccc21. The normalized spacial score (nSPS) is 21.4. The molecule has 0 aromatic heterocycles. The van der Waals surface area contributed by atoms with Gasteiger partial charge in [-0.3, -0.25) is 0 Å². The van der Waals surface area contributed by atoms with Crippen molar-refractivity contribution < 1.29 is 0 Å². The fraction of sp³-hybridized carbons (Fsp3) is 0.368. The molecule has 1 aliphatic rings. The van der Waals surface area contributed by atoms with Gasteiger partial charge in [0.1, 0.15) is 0 Å². The molecular formula is C19H23N. The first-order valence-electron chi connectivity index (χ1n) is 7.69. The van der Waals surface area contributed by atoms with Gasteiger partial charge in [0.05, 0.1) is 0 Å². The number of aryl methyl sites for hydroxylation is 2. The van der Waals surface area contributed by atoms with E-state index in [0.717, 1.165) is 25.7 Å². The molecule has 0 saturated carbocycles. The van der Waals surface area contributed by atoms with Crippen LogP contribution in [0.3, 0.4) is 0 Å². The van der Waals surface area contributed by atoms with Crippen molar-refractivity contribution in [2.24, 2.45) is 5.73 Å². The van der Waals surface area contributed by atoms with Gasteiger partial charge in [-0.2, -0.15) is 0 Å². The summed E-state index contributed by atoms with van der Waals surface area (Å²) in [5.74, 6) is 0. The summed E-state index contributed by atoms with van der Waals surface area (Å²) in [6, 6.07) is 19.5. The molecule has 0 saturated heterocycles. The summed E-state index contributed by atoms with van der Waals surface area (Å²) in [5, 5.41) is 0. The van der Waals surface area contributed by atoms with E-state index in [1.54, 1.807) is 0 Å². The molecule has 1 atom stereocenters. The van der Waals surface area contributed by atoms with E-state index in [2.05, 4.69) is 54.6 Å². The molecule has 0 amide bonds. The Morgan fingerprint density at radius 2 is 1.70 bits per heavy atom. The van der Waals surface area contributed by atoms with Crippen molar-refractivity contribution in [3.63, 3.8) is 0 Å². The summed E-state index contributed by atoms with van der Waals surface area (Å²) in [6.07, 6.45) is 6.90. The molecule has 3 rings (SSSR count). The zero-order chi connectivity index (χ0) is 13.8. The molecule has 20 heavy (non-hydrogen) atoms. The predicted molar refractivity (Wildman–Crippen MR) is 84.6 cm³/mol. The minimum absolute atomic E-state index is 0.108. The molecule has 0 aliphatic heterocycles. The van der Waals surface area contributed by atoms with Crippen molar-refractivity contribution in [3.8, 4) is 0 Å². The minimum Gasteiger partial charge on any atom is -0.321 e. The average Bonchev–Trinajstić information content (AvgIpc) is 2.49. The minimum atomic E-state index is -0.108. The van der Waals surface area contributed by atoms with Crippen molar-refractivity contribution >= 4 is 0 Å². The summed E-state index contributed by atoms with van der Waals surface area (Å²) in [4.78, 5) is 0. The first-order valence-corrected chi connectivity index (χ1v) is 7.69. The second kappa shape index (κ2) is 5.80. The van der Waals surface area contributed by atoms with Gasteiger partial charge in [-0.15, -0.1) is 0 Å². The first-order chi connectivity index (χ1) is 9.78. The largest absolute Gasteiger partial charge is 0.321 e. The van der Waals surface area contributed by atoms with Gasteiger partial charge >= 0.3 is 0 Å². The van der Waals surface area contributed by atoms with Crippen LogP contribution in [0.15, 0.2) is 54.6 Å². The Bertz CT molecular complexity index is 561. The zero-order valence-electron chi connectivity index (χ0n) is 12.0. The Morgan fingerprint density at radius 3 is 2.55 bits per heavy atom. The molecule has 1 unspecified atom stereocenters. The van der Waals surface area contributed by atoms with Crippen LogP contribution in [0.4, 0.5) is 0 Å². The third-order valence-electron chi connectivity index (χ3n) is 4.55. The number of rotatable bonds is 4. The van der Waals surface area contributed by atoms with E-state index >= 15 is 0 Å². The van der Waals surface area contributed by atoms with E-state index in [1.807, 2.05) is 0 Å². The average molecular weight is 265 g/mol. The van der Waals surface area contributed by atoms with E-state index in [1.165, 1.54) is 29.5 Å². The molecule has 0 spiro atoms. The Balaban J connectivity index is 1.68. The van der Waals surface area contributed by atoms with Crippen LogP contribution in [0.25, 0.3) is 0 Å². The third-order valence-corrected chi connectivity index (χ3v) is 4.55. The smallest absolute Gasteiger partial charge is 0.0412 e. The highest BCUT2D eigenvalue weighted by molar-refractivity contribution is 5.35. The van der Waals surface area contributed by atoms with Crippen LogP contribution >= 0.6 is 0 Å². The molecule has 0 heterocycles. The lowest BCUT2D eigenvalue weighted by atomic mass is 9.74. The van der Waals surface area contributed by atoms with Gasteiger partial charge < -0.3 is 5.73 Å². The highest BCUT2D eigenvalue weighted by Crippen LogP contribution is 2.36. The Morgan fingerprint density at radius 1 is 0.950 bits per heavy atom. The van der Waals surface area contributed by atoms with Gasteiger partial charge in [-0.1, -0.05) is 54.6 Å². The molecular weight excluding hydrogens is 242 g/mol.